The van der Waals surface area contributed by atoms with E-state index in [0.717, 1.165) is 26.2 Å². The monoisotopic (exact) mass is 242 g/mol. The molecule has 0 spiro atoms. The van der Waals surface area contributed by atoms with E-state index in [0.29, 0.717) is 18.2 Å². The number of hydrogen-bond donors (Lipinski definition) is 1. The molecule has 0 aromatic rings. The normalized spacial score (nSPS) is 35.1. The number of methoxy groups -OCH3 is 1. The van der Waals surface area contributed by atoms with Crippen LogP contribution < -0.4 is 5.32 Å². The predicted octanol–water partition coefficient (Wildman–Crippen LogP) is 0.864. The molecule has 4 heteroatoms. The van der Waals surface area contributed by atoms with Gasteiger partial charge >= 0.3 is 0 Å². The molecule has 17 heavy (non-hydrogen) atoms. The lowest BCUT2D eigenvalue weighted by Gasteiger charge is -2.39. The molecule has 0 aromatic heterocycles. The van der Waals surface area contributed by atoms with E-state index in [4.69, 9.17) is 9.47 Å². The number of ether oxygens (including phenoxy) is 2. The van der Waals surface area contributed by atoms with Crippen LogP contribution in [-0.4, -0.2) is 63.5 Å². The third-order valence-corrected chi connectivity index (χ3v) is 4.03. The van der Waals surface area contributed by atoms with Crippen molar-refractivity contribution in [2.75, 3.05) is 40.4 Å². The summed E-state index contributed by atoms with van der Waals surface area (Å²) in [5.41, 5.74) is 0. The van der Waals surface area contributed by atoms with E-state index in [1.807, 2.05) is 7.11 Å². The molecule has 1 heterocycles. The van der Waals surface area contributed by atoms with Crippen LogP contribution in [0.2, 0.25) is 0 Å². The molecular weight excluding hydrogens is 216 g/mol. The molecule has 0 radical (unpaired) electrons. The molecule has 100 valence electrons. The van der Waals surface area contributed by atoms with Gasteiger partial charge in [0.05, 0.1) is 18.8 Å². The molecule has 3 unspecified atom stereocenters. The second-order valence-corrected chi connectivity index (χ2v) is 5.26. The number of likely N-dealkylation sites (N-methyl/N-ethyl adjacent to an activating group) is 1. The van der Waals surface area contributed by atoms with Crippen LogP contribution >= 0.6 is 0 Å². The van der Waals surface area contributed by atoms with Gasteiger partial charge in [0.1, 0.15) is 0 Å². The van der Waals surface area contributed by atoms with Gasteiger partial charge < -0.3 is 14.8 Å². The molecule has 2 fully saturated rings. The SMILES string of the molecule is COC1CCCCC1N(C)CC1CNCCO1. The third kappa shape index (κ3) is 3.65. The summed E-state index contributed by atoms with van der Waals surface area (Å²) in [6.07, 6.45) is 5.85. The van der Waals surface area contributed by atoms with Gasteiger partial charge in [-0.25, -0.2) is 0 Å². The van der Waals surface area contributed by atoms with Crippen LogP contribution in [0.15, 0.2) is 0 Å². The molecule has 1 aliphatic heterocycles. The van der Waals surface area contributed by atoms with Gasteiger partial charge in [-0.2, -0.15) is 0 Å². The molecule has 0 aromatic carbocycles. The van der Waals surface area contributed by atoms with Gasteiger partial charge in [0.25, 0.3) is 0 Å². The average Bonchev–Trinajstić information content (AvgIpc) is 2.40. The van der Waals surface area contributed by atoms with Gasteiger partial charge in [-0.05, 0) is 19.9 Å². The minimum atomic E-state index is 0.341. The summed E-state index contributed by atoms with van der Waals surface area (Å²) in [6, 6.07) is 0.569. The Kier molecular flexibility index (Phi) is 5.22. The summed E-state index contributed by atoms with van der Waals surface area (Å²) in [7, 11) is 4.05. The van der Waals surface area contributed by atoms with Gasteiger partial charge in [-0.3, -0.25) is 4.90 Å². The highest BCUT2D eigenvalue weighted by atomic mass is 16.5. The summed E-state index contributed by atoms with van der Waals surface area (Å²) >= 11 is 0. The summed E-state index contributed by atoms with van der Waals surface area (Å²) in [4.78, 5) is 2.44. The second-order valence-electron chi connectivity index (χ2n) is 5.26. The Bertz CT molecular complexity index is 219. The van der Waals surface area contributed by atoms with E-state index in [2.05, 4.69) is 17.3 Å². The second kappa shape index (κ2) is 6.69. The first-order valence-electron chi connectivity index (χ1n) is 6.86. The Morgan fingerprint density at radius 2 is 2.18 bits per heavy atom. The van der Waals surface area contributed by atoms with Crippen molar-refractivity contribution in [3.63, 3.8) is 0 Å². The maximum absolute atomic E-state index is 5.76. The standard InChI is InChI=1S/C13H26N2O2/c1-15(10-11-9-14-7-8-17-11)12-5-3-4-6-13(12)16-2/h11-14H,3-10H2,1-2H3. The smallest absolute Gasteiger partial charge is 0.0826 e. The number of hydrogen-bond acceptors (Lipinski definition) is 4. The van der Waals surface area contributed by atoms with Crippen molar-refractivity contribution in [3.05, 3.63) is 0 Å². The van der Waals surface area contributed by atoms with Crippen molar-refractivity contribution in [2.45, 2.75) is 43.9 Å². The lowest BCUT2D eigenvalue weighted by atomic mass is 9.91. The van der Waals surface area contributed by atoms with Crippen LogP contribution in [0, 0.1) is 0 Å². The lowest BCUT2D eigenvalue weighted by molar-refractivity contribution is -0.0368. The molecule has 1 aliphatic carbocycles. The molecule has 0 amide bonds. The Hall–Kier alpha value is -0.160. The summed E-state index contributed by atoms with van der Waals surface area (Å²) < 4.78 is 11.4. The van der Waals surface area contributed by atoms with Crippen LogP contribution in [0.1, 0.15) is 25.7 Å². The predicted molar refractivity (Wildman–Crippen MR) is 68.3 cm³/mol. The zero-order valence-electron chi connectivity index (χ0n) is 11.2. The van der Waals surface area contributed by atoms with Crippen molar-refractivity contribution in [3.8, 4) is 0 Å². The molecule has 4 nitrogen and oxygen atoms in total. The molecular formula is C13H26N2O2. The fourth-order valence-electron chi connectivity index (χ4n) is 3.05. The molecule has 1 saturated carbocycles. The maximum Gasteiger partial charge on any atom is 0.0826 e. The van der Waals surface area contributed by atoms with Crippen LogP contribution in [0.25, 0.3) is 0 Å². The molecule has 2 aliphatic rings. The summed E-state index contributed by atoms with van der Waals surface area (Å²) in [5, 5.41) is 3.39. The van der Waals surface area contributed by atoms with Crippen LogP contribution in [0.4, 0.5) is 0 Å². The number of rotatable bonds is 4. The van der Waals surface area contributed by atoms with Gasteiger partial charge in [-0.15, -0.1) is 0 Å². The van der Waals surface area contributed by atoms with Gasteiger partial charge in [-0.1, -0.05) is 12.8 Å². The van der Waals surface area contributed by atoms with E-state index < -0.39 is 0 Å². The fraction of sp³-hybridized carbons (Fsp3) is 1.00. The number of nitrogens with zero attached hydrogens (tertiary/aromatic N) is 1. The number of nitrogens with one attached hydrogen (secondary N) is 1. The highest BCUT2D eigenvalue weighted by molar-refractivity contribution is 4.84. The first kappa shape index (κ1) is 13.3. The van der Waals surface area contributed by atoms with Crippen molar-refractivity contribution in [1.29, 1.82) is 0 Å². The van der Waals surface area contributed by atoms with Crippen LogP contribution in [0.3, 0.4) is 0 Å². The molecule has 1 N–H and O–H groups in total. The Balaban J connectivity index is 1.82. The van der Waals surface area contributed by atoms with Gasteiger partial charge in [0.2, 0.25) is 0 Å². The van der Waals surface area contributed by atoms with E-state index in [1.165, 1.54) is 25.7 Å². The number of morpholine rings is 1. The largest absolute Gasteiger partial charge is 0.380 e. The van der Waals surface area contributed by atoms with E-state index in [-0.39, 0.29) is 0 Å². The minimum absolute atomic E-state index is 0.341. The highest BCUT2D eigenvalue weighted by Gasteiger charge is 2.29. The quantitative estimate of drug-likeness (QED) is 0.793. The Morgan fingerprint density at radius 1 is 1.35 bits per heavy atom. The van der Waals surface area contributed by atoms with E-state index >= 15 is 0 Å². The topological polar surface area (TPSA) is 33.7 Å². The zero-order chi connectivity index (χ0) is 12.1. The Labute approximate surface area is 105 Å². The molecule has 0 bridgehead atoms. The molecule has 1 saturated heterocycles. The first-order valence-corrected chi connectivity index (χ1v) is 6.86. The molecule has 2 rings (SSSR count). The van der Waals surface area contributed by atoms with Crippen molar-refractivity contribution < 1.29 is 9.47 Å². The van der Waals surface area contributed by atoms with E-state index in [9.17, 15) is 0 Å². The fourth-order valence-corrected chi connectivity index (χ4v) is 3.05. The van der Waals surface area contributed by atoms with Crippen molar-refractivity contribution in [2.24, 2.45) is 0 Å². The summed E-state index contributed by atoms with van der Waals surface area (Å²) in [5.74, 6) is 0. The van der Waals surface area contributed by atoms with E-state index in [1.54, 1.807) is 0 Å². The van der Waals surface area contributed by atoms with Crippen LogP contribution in [-0.2, 0) is 9.47 Å². The lowest BCUT2D eigenvalue weighted by Crippen LogP contribution is -2.50. The third-order valence-electron chi connectivity index (χ3n) is 4.03. The van der Waals surface area contributed by atoms with Gasteiger partial charge in [0, 0.05) is 32.8 Å². The highest BCUT2D eigenvalue weighted by Crippen LogP contribution is 2.24. The molecule has 3 atom stereocenters. The van der Waals surface area contributed by atoms with Crippen LogP contribution in [0.5, 0.6) is 0 Å². The van der Waals surface area contributed by atoms with Crippen molar-refractivity contribution >= 4 is 0 Å². The summed E-state index contributed by atoms with van der Waals surface area (Å²) in [6.45, 7) is 3.83. The maximum atomic E-state index is 5.76. The van der Waals surface area contributed by atoms with Gasteiger partial charge in [0.15, 0.2) is 0 Å². The minimum Gasteiger partial charge on any atom is -0.380 e. The first-order chi connectivity index (χ1) is 8.31. The Morgan fingerprint density at radius 3 is 2.88 bits per heavy atom. The average molecular weight is 242 g/mol. The van der Waals surface area contributed by atoms with Crippen molar-refractivity contribution in [1.82, 2.24) is 10.2 Å². The zero-order valence-corrected chi connectivity index (χ0v) is 11.2.